The van der Waals surface area contributed by atoms with E-state index in [9.17, 15) is 14.4 Å². The summed E-state index contributed by atoms with van der Waals surface area (Å²) < 4.78 is 10.7. The molecule has 24 heavy (non-hydrogen) atoms. The molecule has 1 aromatic heterocycles. The first-order valence-electron chi connectivity index (χ1n) is 7.60. The Balaban J connectivity index is 2.23. The zero-order chi connectivity index (χ0) is 17.7. The molecule has 1 aromatic carbocycles. The number of nitrogens with one attached hydrogen (secondary N) is 1. The Kier molecular flexibility index (Phi) is 5.57. The molecule has 0 spiro atoms. The average Bonchev–Trinajstić information content (AvgIpc) is 2.53. The molecule has 128 valence electrons. The van der Waals surface area contributed by atoms with Crippen molar-refractivity contribution in [2.75, 3.05) is 13.2 Å². The van der Waals surface area contributed by atoms with Crippen molar-refractivity contribution < 1.29 is 23.8 Å². The summed E-state index contributed by atoms with van der Waals surface area (Å²) in [5, 5.41) is 11.6. The third kappa shape index (κ3) is 4.13. The van der Waals surface area contributed by atoms with Crippen LogP contribution in [0, 0.1) is 6.92 Å². The molecular weight excluding hydrogens is 314 g/mol. The largest absolute Gasteiger partial charge is 0.483 e. The molecular formula is C17H19NO6. The Bertz CT molecular complexity index is 824. The van der Waals surface area contributed by atoms with Gasteiger partial charge in [-0.3, -0.25) is 9.59 Å². The summed E-state index contributed by atoms with van der Waals surface area (Å²) in [7, 11) is 0. The molecule has 0 aliphatic heterocycles. The Morgan fingerprint density at radius 3 is 2.75 bits per heavy atom. The van der Waals surface area contributed by atoms with E-state index in [2.05, 4.69) is 5.32 Å². The highest BCUT2D eigenvalue weighted by Crippen LogP contribution is 2.28. The summed E-state index contributed by atoms with van der Waals surface area (Å²) in [6, 6.07) is 4.99. The van der Waals surface area contributed by atoms with Crippen LogP contribution in [0.4, 0.5) is 0 Å². The molecule has 2 rings (SSSR count). The number of carboxylic acids is 1. The maximum atomic E-state index is 11.7. The van der Waals surface area contributed by atoms with Gasteiger partial charge < -0.3 is 19.6 Å². The predicted molar refractivity (Wildman–Crippen MR) is 87.4 cm³/mol. The lowest BCUT2D eigenvalue weighted by molar-refractivity contribution is -0.138. The molecule has 2 N–H and O–H groups in total. The van der Waals surface area contributed by atoms with Crippen LogP contribution in [0.3, 0.4) is 0 Å². The lowest BCUT2D eigenvalue weighted by Crippen LogP contribution is -2.33. The van der Waals surface area contributed by atoms with Crippen molar-refractivity contribution in [1.82, 2.24) is 5.32 Å². The fourth-order valence-corrected chi connectivity index (χ4v) is 2.41. The van der Waals surface area contributed by atoms with Gasteiger partial charge in [0.15, 0.2) is 6.61 Å². The highest BCUT2D eigenvalue weighted by molar-refractivity contribution is 5.85. The highest BCUT2D eigenvalue weighted by atomic mass is 16.5. The summed E-state index contributed by atoms with van der Waals surface area (Å²) in [6.07, 6.45) is 1.67. The van der Waals surface area contributed by atoms with Gasteiger partial charge in [0.2, 0.25) is 0 Å². The zero-order valence-electron chi connectivity index (χ0n) is 13.5. The van der Waals surface area contributed by atoms with Crippen molar-refractivity contribution in [3.8, 4) is 5.75 Å². The van der Waals surface area contributed by atoms with Crippen molar-refractivity contribution in [3.63, 3.8) is 0 Å². The minimum atomic E-state index is -1.13. The zero-order valence-corrected chi connectivity index (χ0v) is 13.5. The van der Waals surface area contributed by atoms with Crippen LogP contribution < -0.4 is 15.7 Å². The van der Waals surface area contributed by atoms with Crippen molar-refractivity contribution >= 4 is 22.8 Å². The standard InChI is InChI=1S/C17H19NO6/c1-3-4-11-7-16(22)24-17-10(2)13(6-5-12(11)17)23-9-14(19)18-8-15(20)21/h5-7H,3-4,8-9H2,1-2H3,(H,18,19)(H,20,21). The van der Waals surface area contributed by atoms with Gasteiger partial charge in [-0.1, -0.05) is 13.3 Å². The van der Waals surface area contributed by atoms with Crippen LogP contribution >= 0.6 is 0 Å². The summed E-state index contributed by atoms with van der Waals surface area (Å²) in [5.41, 5.74) is 1.55. The number of amides is 1. The smallest absolute Gasteiger partial charge is 0.336 e. The lowest BCUT2D eigenvalue weighted by Gasteiger charge is -2.12. The normalized spacial score (nSPS) is 10.6. The van der Waals surface area contributed by atoms with Crippen molar-refractivity contribution in [2.24, 2.45) is 0 Å². The van der Waals surface area contributed by atoms with Gasteiger partial charge in [0.05, 0.1) is 0 Å². The summed E-state index contributed by atoms with van der Waals surface area (Å²) in [6.45, 7) is 2.98. The molecule has 0 aliphatic rings. The molecule has 0 saturated heterocycles. The van der Waals surface area contributed by atoms with E-state index < -0.39 is 24.0 Å². The summed E-state index contributed by atoms with van der Waals surface area (Å²) >= 11 is 0. The number of carbonyl (C=O) groups is 2. The number of hydrogen-bond acceptors (Lipinski definition) is 5. The Morgan fingerprint density at radius 2 is 2.08 bits per heavy atom. The Hall–Kier alpha value is -2.83. The number of rotatable bonds is 7. The van der Waals surface area contributed by atoms with Crippen molar-refractivity contribution in [3.05, 3.63) is 39.7 Å². The number of fused-ring (bicyclic) bond motifs is 1. The van der Waals surface area contributed by atoms with Gasteiger partial charge in [-0.15, -0.1) is 0 Å². The second kappa shape index (κ2) is 7.63. The monoisotopic (exact) mass is 333 g/mol. The second-order valence-electron chi connectivity index (χ2n) is 5.37. The number of benzene rings is 1. The topological polar surface area (TPSA) is 106 Å². The van der Waals surface area contributed by atoms with Crippen LogP contribution in [0.2, 0.25) is 0 Å². The van der Waals surface area contributed by atoms with E-state index in [1.165, 1.54) is 6.07 Å². The molecule has 0 unspecified atom stereocenters. The number of aryl methyl sites for hydroxylation is 2. The Morgan fingerprint density at radius 1 is 1.33 bits per heavy atom. The third-order valence-electron chi connectivity index (χ3n) is 3.51. The van der Waals surface area contributed by atoms with E-state index in [0.29, 0.717) is 16.9 Å². The minimum absolute atomic E-state index is 0.321. The summed E-state index contributed by atoms with van der Waals surface area (Å²) in [5.74, 6) is -1.27. The second-order valence-corrected chi connectivity index (χ2v) is 5.37. The van der Waals surface area contributed by atoms with Gasteiger partial charge in [0, 0.05) is 17.0 Å². The minimum Gasteiger partial charge on any atom is -0.483 e. The first kappa shape index (κ1) is 17.5. The Labute approximate surface area is 138 Å². The average molecular weight is 333 g/mol. The molecule has 1 heterocycles. The van der Waals surface area contributed by atoms with E-state index in [1.54, 1.807) is 19.1 Å². The molecule has 0 fully saturated rings. The number of ether oxygens (including phenoxy) is 1. The number of carbonyl (C=O) groups excluding carboxylic acids is 1. The number of carboxylic acid groups (broad SMARTS) is 1. The van der Waals surface area contributed by atoms with Crippen molar-refractivity contribution in [2.45, 2.75) is 26.7 Å². The van der Waals surface area contributed by atoms with Crippen LogP contribution in [0.25, 0.3) is 11.0 Å². The van der Waals surface area contributed by atoms with Crippen molar-refractivity contribution in [1.29, 1.82) is 0 Å². The maximum Gasteiger partial charge on any atom is 0.336 e. The van der Waals surface area contributed by atoms with E-state index in [1.807, 2.05) is 6.92 Å². The van der Waals surface area contributed by atoms with Crippen LogP contribution in [-0.2, 0) is 16.0 Å². The van der Waals surface area contributed by atoms with Crippen LogP contribution in [-0.4, -0.2) is 30.1 Å². The predicted octanol–water partition coefficient (Wildman–Crippen LogP) is 1.63. The van der Waals surface area contributed by atoms with E-state index in [-0.39, 0.29) is 6.61 Å². The maximum absolute atomic E-state index is 11.7. The van der Waals surface area contributed by atoms with Gasteiger partial charge in [0.1, 0.15) is 17.9 Å². The van der Waals surface area contributed by atoms with Gasteiger partial charge in [-0.2, -0.15) is 0 Å². The van der Waals surface area contributed by atoms with Crippen LogP contribution in [0.1, 0.15) is 24.5 Å². The highest BCUT2D eigenvalue weighted by Gasteiger charge is 2.13. The number of aliphatic carboxylic acids is 1. The van der Waals surface area contributed by atoms with E-state index in [4.69, 9.17) is 14.3 Å². The molecule has 0 aliphatic carbocycles. The fraction of sp³-hybridized carbons (Fsp3) is 0.353. The SMILES string of the molecule is CCCc1cc(=O)oc2c(C)c(OCC(=O)NCC(=O)O)ccc12. The van der Waals surface area contributed by atoms with Crippen LogP contribution in [0.15, 0.2) is 27.4 Å². The molecule has 0 radical (unpaired) electrons. The third-order valence-corrected chi connectivity index (χ3v) is 3.51. The fourth-order valence-electron chi connectivity index (χ4n) is 2.41. The van der Waals surface area contributed by atoms with Gasteiger partial charge in [0.25, 0.3) is 5.91 Å². The quantitative estimate of drug-likeness (QED) is 0.746. The molecule has 0 atom stereocenters. The first-order valence-corrected chi connectivity index (χ1v) is 7.60. The molecule has 0 saturated carbocycles. The summed E-state index contributed by atoms with van der Waals surface area (Å²) in [4.78, 5) is 33.6. The first-order chi connectivity index (χ1) is 11.4. The van der Waals surface area contributed by atoms with Gasteiger partial charge >= 0.3 is 11.6 Å². The van der Waals surface area contributed by atoms with Gasteiger partial charge in [-0.25, -0.2) is 4.79 Å². The number of hydrogen-bond donors (Lipinski definition) is 2. The van der Waals surface area contributed by atoms with E-state index >= 15 is 0 Å². The lowest BCUT2D eigenvalue weighted by atomic mass is 10.0. The molecule has 7 heteroatoms. The molecule has 1 amide bonds. The molecule has 0 bridgehead atoms. The molecule has 2 aromatic rings. The van der Waals surface area contributed by atoms with Gasteiger partial charge in [-0.05, 0) is 31.0 Å². The molecule has 7 nitrogen and oxygen atoms in total. The van der Waals surface area contributed by atoms with E-state index in [0.717, 1.165) is 23.8 Å². The van der Waals surface area contributed by atoms with Crippen LogP contribution in [0.5, 0.6) is 5.75 Å².